The maximum Gasteiger partial charge on any atom is 0.305 e. The van der Waals surface area contributed by atoms with Crippen molar-refractivity contribution in [3.05, 3.63) is 35.9 Å². The first-order chi connectivity index (χ1) is 19.4. The zero-order chi connectivity index (χ0) is 29.0. The van der Waals surface area contributed by atoms with E-state index in [0.717, 1.165) is 31.6 Å². The lowest BCUT2D eigenvalue weighted by molar-refractivity contribution is -0.144. The van der Waals surface area contributed by atoms with Crippen LogP contribution in [0.2, 0.25) is 0 Å². The number of benzene rings is 1. The van der Waals surface area contributed by atoms with Gasteiger partial charge in [-0.1, -0.05) is 68.9 Å². The van der Waals surface area contributed by atoms with Crippen molar-refractivity contribution in [1.82, 2.24) is 5.32 Å². The third-order valence-corrected chi connectivity index (χ3v) is 8.35. The van der Waals surface area contributed by atoms with E-state index in [-0.39, 0.29) is 17.9 Å². The molecule has 40 heavy (non-hydrogen) atoms. The largest absolute Gasteiger partial charge is 0.466 e. The maximum atomic E-state index is 11.8. The second-order valence-electron chi connectivity index (χ2n) is 11.5. The fourth-order valence-corrected chi connectivity index (χ4v) is 6.12. The van der Waals surface area contributed by atoms with Gasteiger partial charge in [0, 0.05) is 37.3 Å². The van der Waals surface area contributed by atoms with Crippen molar-refractivity contribution in [2.75, 3.05) is 13.2 Å². The first-order valence-electron chi connectivity index (χ1n) is 16.1. The number of nitrogens with one attached hydrogen (secondary N) is 1. The molecule has 6 nitrogen and oxygen atoms in total. The van der Waals surface area contributed by atoms with Crippen molar-refractivity contribution < 1.29 is 23.9 Å². The summed E-state index contributed by atoms with van der Waals surface area (Å²) in [7, 11) is 0. The first-order valence-corrected chi connectivity index (χ1v) is 16.1. The van der Waals surface area contributed by atoms with Crippen molar-refractivity contribution in [3.8, 4) is 0 Å². The lowest BCUT2D eigenvalue weighted by Gasteiger charge is -2.33. The fraction of sp³-hybridized carbons (Fsp3) is 0.735. The minimum Gasteiger partial charge on any atom is -0.466 e. The second-order valence-corrected chi connectivity index (χ2v) is 11.5. The summed E-state index contributed by atoms with van der Waals surface area (Å²) in [5.41, 5.74) is 1.34. The lowest BCUT2D eigenvalue weighted by Crippen LogP contribution is -2.39. The molecule has 1 aromatic rings. The minimum absolute atomic E-state index is 0.0593. The quantitative estimate of drug-likeness (QED) is 0.221. The molecule has 1 N–H and O–H groups in total. The number of ketones is 1. The van der Waals surface area contributed by atoms with Crippen LogP contribution in [0.3, 0.4) is 0 Å². The molecule has 0 heterocycles. The Morgan fingerprint density at radius 3 is 1.90 bits per heavy atom. The van der Waals surface area contributed by atoms with Gasteiger partial charge in [-0.25, -0.2) is 0 Å². The molecule has 2 aliphatic rings. The molecular formula is C34H55NO5. The van der Waals surface area contributed by atoms with Crippen molar-refractivity contribution in [2.24, 2.45) is 11.8 Å². The van der Waals surface area contributed by atoms with Gasteiger partial charge in [-0.15, -0.1) is 0 Å². The zero-order valence-electron chi connectivity index (χ0n) is 25.5. The second kappa shape index (κ2) is 20.6. The van der Waals surface area contributed by atoms with Gasteiger partial charge >= 0.3 is 11.9 Å². The molecule has 1 aromatic carbocycles. The van der Waals surface area contributed by atoms with Crippen LogP contribution in [0.1, 0.15) is 135 Å². The molecule has 2 fully saturated rings. The first kappa shape index (κ1) is 34.0. The van der Waals surface area contributed by atoms with E-state index in [1.165, 1.54) is 56.9 Å². The van der Waals surface area contributed by atoms with Gasteiger partial charge < -0.3 is 14.8 Å². The van der Waals surface area contributed by atoms with Gasteiger partial charge in [0.1, 0.15) is 5.78 Å². The molecule has 2 atom stereocenters. The lowest BCUT2D eigenvalue weighted by atomic mass is 9.81. The Morgan fingerprint density at radius 2 is 1.32 bits per heavy atom. The van der Waals surface area contributed by atoms with E-state index in [4.69, 9.17) is 9.47 Å². The van der Waals surface area contributed by atoms with Crippen LogP contribution in [0.5, 0.6) is 0 Å². The Balaban J connectivity index is 0.000000305. The van der Waals surface area contributed by atoms with Crippen LogP contribution in [-0.2, 0) is 23.9 Å². The molecule has 2 aliphatic carbocycles. The summed E-state index contributed by atoms with van der Waals surface area (Å²) < 4.78 is 9.88. The molecule has 0 saturated heterocycles. The maximum absolute atomic E-state index is 11.8. The summed E-state index contributed by atoms with van der Waals surface area (Å²) in [6, 6.07) is 11.5. The van der Waals surface area contributed by atoms with Crippen LogP contribution in [0, 0.1) is 11.8 Å². The van der Waals surface area contributed by atoms with E-state index >= 15 is 0 Å². The Labute approximate surface area is 243 Å². The van der Waals surface area contributed by atoms with Crippen LogP contribution in [-0.4, -0.2) is 37.0 Å². The topological polar surface area (TPSA) is 81.7 Å². The van der Waals surface area contributed by atoms with Gasteiger partial charge in [0.25, 0.3) is 0 Å². The van der Waals surface area contributed by atoms with Crippen LogP contribution in [0.4, 0.5) is 0 Å². The molecule has 6 heteroatoms. The SMILES string of the molecule is CCOC(=O)CCCC(=O)C1CCCCC1.CCOC(=O)CCC[C@H](N[C@@H](C)c1ccccc1)C1CCCCC1. The number of hydrogen-bond donors (Lipinski definition) is 1. The summed E-state index contributed by atoms with van der Waals surface area (Å²) in [5, 5.41) is 3.86. The highest BCUT2D eigenvalue weighted by Gasteiger charge is 2.25. The molecular weight excluding hydrogens is 502 g/mol. The highest BCUT2D eigenvalue weighted by atomic mass is 16.5. The van der Waals surface area contributed by atoms with E-state index in [1.807, 2.05) is 6.92 Å². The van der Waals surface area contributed by atoms with E-state index in [1.54, 1.807) is 6.92 Å². The molecule has 0 radical (unpaired) electrons. The van der Waals surface area contributed by atoms with Gasteiger partial charge in [0.2, 0.25) is 0 Å². The molecule has 0 amide bonds. The number of ether oxygens (including phenoxy) is 2. The van der Waals surface area contributed by atoms with Crippen LogP contribution < -0.4 is 5.32 Å². The number of rotatable bonds is 15. The highest BCUT2D eigenvalue weighted by molar-refractivity contribution is 5.81. The Kier molecular flexibility index (Phi) is 17.5. The monoisotopic (exact) mass is 557 g/mol. The molecule has 0 spiro atoms. The normalized spacial score (nSPS) is 17.7. The average Bonchev–Trinajstić information content (AvgIpc) is 2.98. The standard InChI is InChI=1S/C21H33NO2.C13H22O3/c1-3-24-21(23)16-10-15-20(19-13-8-5-9-14-19)22-17(2)18-11-6-4-7-12-18;1-2-16-13(15)10-6-9-12(14)11-7-4-3-5-8-11/h4,6-7,11-12,17,19-20,22H,3,5,8-10,13-16H2,1-2H3;11H,2-10H2,1H3/t17-,20-;/m0./s1. The number of Topliss-reactive ketones (excluding diaryl/α,β-unsaturated/α-hetero) is 1. The molecule has 0 aliphatic heterocycles. The number of esters is 2. The van der Waals surface area contributed by atoms with Crippen molar-refractivity contribution >= 4 is 17.7 Å². The summed E-state index contributed by atoms with van der Waals surface area (Å²) in [6.45, 7) is 6.82. The van der Waals surface area contributed by atoms with Gasteiger partial charge in [-0.05, 0) is 77.2 Å². The van der Waals surface area contributed by atoms with Gasteiger partial charge in [0.05, 0.1) is 13.2 Å². The van der Waals surface area contributed by atoms with Crippen molar-refractivity contribution in [1.29, 1.82) is 0 Å². The van der Waals surface area contributed by atoms with Crippen molar-refractivity contribution in [2.45, 2.75) is 136 Å². The average molecular weight is 558 g/mol. The Morgan fingerprint density at radius 1 is 0.775 bits per heavy atom. The van der Waals surface area contributed by atoms with Crippen LogP contribution in [0.25, 0.3) is 0 Å². The predicted molar refractivity (Wildman–Crippen MR) is 161 cm³/mol. The predicted octanol–water partition coefficient (Wildman–Crippen LogP) is 7.89. The summed E-state index contributed by atoms with van der Waals surface area (Å²) in [5.74, 6) is 1.13. The van der Waals surface area contributed by atoms with Crippen LogP contribution in [0.15, 0.2) is 30.3 Å². The molecule has 3 rings (SSSR count). The number of carbonyl (C=O) groups excluding carboxylic acids is 3. The van der Waals surface area contributed by atoms with E-state index < -0.39 is 0 Å². The summed E-state index contributed by atoms with van der Waals surface area (Å²) >= 11 is 0. The molecule has 0 bridgehead atoms. The third-order valence-electron chi connectivity index (χ3n) is 8.35. The Hall–Kier alpha value is -2.21. The smallest absolute Gasteiger partial charge is 0.305 e. The van der Waals surface area contributed by atoms with Gasteiger partial charge in [-0.2, -0.15) is 0 Å². The zero-order valence-corrected chi connectivity index (χ0v) is 25.5. The van der Waals surface area contributed by atoms with Crippen molar-refractivity contribution in [3.63, 3.8) is 0 Å². The fourth-order valence-electron chi connectivity index (χ4n) is 6.12. The Bertz CT molecular complexity index is 830. The highest BCUT2D eigenvalue weighted by Crippen LogP contribution is 2.30. The summed E-state index contributed by atoms with van der Waals surface area (Å²) in [4.78, 5) is 34.5. The summed E-state index contributed by atoms with van der Waals surface area (Å²) in [6.07, 6.45) is 16.5. The van der Waals surface area contributed by atoms with Crippen LogP contribution >= 0.6 is 0 Å². The van der Waals surface area contributed by atoms with Gasteiger partial charge in [0.15, 0.2) is 0 Å². The van der Waals surface area contributed by atoms with E-state index in [9.17, 15) is 14.4 Å². The minimum atomic E-state index is -0.182. The third kappa shape index (κ3) is 13.9. The molecule has 226 valence electrons. The number of carbonyl (C=O) groups is 3. The van der Waals surface area contributed by atoms with E-state index in [0.29, 0.717) is 56.8 Å². The van der Waals surface area contributed by atoms with Gasteiger partial charge in [-0.3, -0.25) is 14.4 Å². The van der Waals surface area contributed by atoms with E-state index in [2.05, 4.69) is 42.6 Å². The number of hydrogen-bond acceptors (Lipinski definition) is 6. The molecule has 0 unspecified atom stereocenters. The molecule has 0 aromatic heterocycles. The molecule has 2 saturated carbocycles.